The highest BCUT2D eigenvalue weighted by Gasteiger charge is 2.13. The number of hydrogen-bond acceptors (Lipinski definition) is 2. The minimum atomic E-state index is -1.35. The fourth-order valence-electron chi connectivity index (χ4n) is 0.702. The maximum absolute atomic E-state index is 12.6. The number of benzene rings is 1. The highest BCUT2D eigenvalue weighted by molar-refractivity contribution is 6.33. The first-order valence-electron chi connectivity index (χ1n) is 3.25. The average Bonchev–Trinajstić information content (AvgIpc) is 2.07. The molecule has 13 heavy (non-hydrogen) atoms. The molecular weight excluding hydrogens is 199 g/mol. The molecule has 0 saturated carbocycles. The zero-order valence-electron chi connectivity index (χ0n) is 6.79. The van der Waals surface area contributed by atoms with E-state index in [1.807, 2.05) is 0 Å². The van der Waals surface area contributed by atoms with E-state index in [0.29, 0.717) is 0 Å². The molecule has 2 N–H and O–H groups in total. The molecule has 0 spiro atoms. The highest BCUT2D eigenvalue weighted by atomic mass is 35.5. The zero-order chi connectivity index (χ0) is 10.4. The number of hydrogen-bond donors (Lipinski definition) is 2. The molecule has 1 aromatic rings. The van der Waals surface area contributed by atoms with Crippen LogP contribution in [-0.2, 0) is 0 Å². The third-order valence-corrected chi connectivity index (χ3v) is 1.49. The molecule has 0 atom stereocenters. The summed E-state index contributed by atoms with van der Waals surface area (Å²) in [6.07, 6.45) is 0. The standard InChI is InChI=1S/C7H4ClFO2.CH4O/c8-4-2-1-3-5(9)6(4)7(10)11;1-2/h1-3H,(H,10,11);2H,1H3. The fraction of sp³-hybridized carbons (Fsp3) is 0.125. The summed E-state index contributed by atoms with van der Waals surface area (Å²) in [5.74, 6) is -2.17. The molecule has 0 amide bonds. The Morgan fingerprint density at radius 1 is 1.46 bits per heavy atom. The predicted molar refractivity (Wildman–Crippen MR) is 46.5 cm³/mol. The van der Waals surface area contributed by atoms with Crippen LogP contribution in [0.15, 0.2) is 18.2 Å². The van der Waals surface area contributed by atoms with Crippen LogP contribution in [0.2, 0.25) is 5.02 Å². The molecule has 0 heterocycles. The molecule has 1 rings (SSSR count). The van der Waals surface area contributed by atoms with Crippen molar-refractivity contribution in [3.63, 3.8) is 0 Å². The van der Waals surface area contributed by atoms with E-state index in [1.165, 1.54) is 12.1 Å². The SMILES string of the molecule is CO.O=C(O)c1c(F)cccc1Cl. The van der Waals surface area contributed by atoms with E-state index in [1.54, 1.807) is 0 Å². The van der Waals surface area contributed by atoms with Gasteiger partial charge in [-0.05, 0) is 12.1 Å². The molecule has 0 saturated heterocycles. The normalized spacial score (nSPS) is 8.62. The van der Waals surface area contributed by atoms with Crippen molar-refractivity contribution in [3.8, 4) is 0 Å². The van der Waals surface area contributed by atoms with Crippen molar-refractivity contribution in [1.29, 1.82) is 0 Å². The molecule has 0 aliphatic carbocycles. The lowest BCUT2D eigenvalue weighted by molar-refractivity contribution is 0.0692. The highest BCUT2D eigenvalue weighted by Crippen LogP contribution is 2.18. The molecule has 72 valence electrons. The second-order valence-corrected chi connectivity index (χ2v) is 2.31. The largest absolute Gasteiger partial charge is 0.478 e. The van der Waals surface area contributed by atoms with Crippen molar-refractivity contribution in [2.24, 2.45) is 0 Å². The molecule has 0 radical (unpaired) electrons. The summed E-state index contributed by atoms with van der Waals surface area (Å²) in [7, 11) is 1.00. The fourth-order valence-corrected chi connectivity index (χ4v) is 0.946. The molecule has 0 unspecified atom stereocenters. The van der Waals surface area contributed by atoms with Gasteiger partial charge in [0, 0.05) is 7.11 Å². The first-order chi connectivity index (χ1) is 6.13. The summed E-state index contributed by atoms with van der Waals surface area (Å²) in [4.78, 5) is 10.3. The second kappa shape index (κ2) is 5.50. The first-order valence-corrected chi connectivity index (χ1v) is 3.62. The van der Waals surface area contributed by atoms with Crippen molar-refractivity contribution in [3.05, 3.63) is 34.6 Å². The van der Waals surface area contributed by atoms with E-state index in [2.05, 4.69) is 0 Å². The van der Waals surface area contributed by atoms with E-state index >= 15 is 0 Å². The maximum atomic E-state index is 12.6. The first kappa shape index (κ1) is 11.9. The molecule has 3 nitrogen and oxygen atoms in total. The van der Waals surface area contributed by atoms with Crippen LogP contribution >= 0.6 is 11.6 Å². The second-order valence-electron chi connectivity index (χ2n) is 1.90. The zero-order valence-corrected chi connectivity index (χ0v) is 7.55. The van der Waals surface area contributed by atoms with Gasteiger partial charge in [0.2, 0.25) is 0 Å². The molecule has 5 heteroatoms. The summed E-state index contributed by atoms with van der Waals surface area (Å²) < 4.78 is 12.6. The molecule has 0 bridgehead atoms. The van der Waals surface area contributed by atoms with Gasteiger partial charge in [0.15, 0.2) is 0 Å². The summed E-state index contributed by atoms with van der Waals surface area (Å²) >= 11 is 5.40. The van der Waals surface area contributed by atoms with Crippen LogP contribution in [0.4, 0.5) is 4.39 Å². The molecule has 0 fully saturated rings. The van der Waals surface area contributed by atoms with Gasteiger partial charge in [-0.15, -0.1) is 0 Å². The van der Waals surface area contributed by atoms with Gasteiger partial charge in [-0.2, -0.15) is 0 Å². The molecule has 0 aliphatic heterocycles. The number of aliphatic hydroxyl groups is 1. The molecule has 0 aliphatic rings. The predicted octanol–water partition coefficient (Wildman–Crippen LogP) is 1.79. The van der Waals surface area contributed by atoms with Crippen LogP contribution in [0.5, 0.6) is 0 Å². The van der Waals surface area contributed by atoms with Crippen LogP contribution in [0.3, 0.4) is 0 Å². The molecule has 1 aromatic carbocycles. The quantitative estimate of drug-likeness (QED) is 0.737. The number of carboxylic acids is 1. The van der Waals surface area contributed by atoms with E-state index in [4.69, 9.17) is 21.8 Å². The Bertz CT molecular complexity index is 281. The van der Waals surface area contributed by atoms with Crippen molar-refractivity contribution >= 4 is 17.6 Å². The van der Waals surface area contributed by atoms with Crippen molar-refractivity contribution in [1.82, 2.24) is 0 Å². The van der Waals surface area contributed by atoms with Crippen LogP contribution in [-0.4, -0.2) is 23.3 Å². The number of carboxylic acid groups (broad SMARTS) is 1. The minimum absolute atomic E-state index is 0.0856. The van der Waals surface area contributed by atoms with Gasteiger partial charge in [0.1, 0.15) is 11.4 Å². The van der Waals surface area contributed by atoms with Crippen molar-refractivity contribution in [2.45, 2.75) is 0 Å². The molecule has 0 aromatic heterocycles. The summed E-state index contributed by atoms with van der Waals surface area (Å²) in [5, 5.41) is 15.3. The topological polar surface area (TPSA) is 57.5 Å². The third kappa shape index (κ3) is 3.01. The van der Waals surface area contributed by atoms with E-state index < -0.39 is 17.3 Å². The Hall–Kier alpha value is -1.13. The summed E-state index contributed by atoms with van der Waals surface area (Å²) in [6, 6.07) is 3.73. The van der Waals surface area contributed by atoms with Gasteiger partial charge in [0.05, 0.1) is 5.02 Å². The lowest BCUT2D eigenvalue weighted by atomic mass is 10.2. The number of aromatic carboxylic acids is 1. The summed E-state index contributed by atoms with van der Waals surface area (Å²) in [5.41, 5.74) is -0.478. The van der Waals surface area contributed by atoms with Crippen LogP contribution in [0, 0.1) is 5.82 Å². The van der Waals surface area contributed by atoms with E-state index in [0.717, 1.165) is 13.2 Å². The van der Waals surface area contributed by atoms with Gasteiger partial charge in [0.25, 0.3) is 0 Å². The van der Waals surface area contributed by atoms with Crippen LogP contribution < -0.4 is 0 Å². The smallest absolute Gasteiger partial charge is 0.340 e. The van der Waals surface area contributed by atoms with Gasteiger partial charge >= 0.3 is 5.97 Å². The molecular formula is C8H8ClFO3. The Morgan fingerprint density at radius 2 is 2.00 bits per heavy atom. The minimum Gasteiger partial charge on any atom is -0.478 e. The number of aliphatic hydroxyl groups excluding tert-OH is 1. The van der Waals surface area contributed by atoms with Gasteiger partial charge < -0.3 is 10.2 Å². The van der Waals surface area contributed by atoms with Crippen molar-refractivity contribution in [2.75, 3.05) is 7.11 Å². The Balaban J connectivity index is 0.000000671. The van der Waals surface area contributed by atoms with Gasteiger partial charge in [-0.1, -0.05) is 17.7 Å². The third-order valence-electron chi connectivity index (χ3n) is 1.18. The maximum Gasteiger partial charge on any atom is 0.340 e. The van der Waals surface area contributed by atoms with E-state index in [9.17, 15) is 9.18 Å². The number of halogens is 2. The van der Waals surface area contributed by atoms with E-state index in [-0.39, 0.29) is 5.02 Å². The lowest BCUT2D eigenvalue weighted by Gasteiger charge is -1.97. The Kier molecular flexibility index (Phi) is 5.03. The van der Waals surface area contributed by atoms with Crippen molar-refractivity contribution < 1.29 is 19.4 Å². The monoisotopic (exact) mass is 206 g/mol. The summed E-state index contributed by atoms with van der Waals surface area (Å²) in [6.45, 7) is 0. The number of carbonyl (C=O) groups is 1. The number of rotatable bonds is 1. The Labute approximate surface area is 79.4 Å². The average molecular weight is 207 g/mol. The van der Waals surface area contributed by atoms with Gasteiger partial charge in [-0.3, -0.25) is 0 Å². The van der Waals surface area contributed by atoms with Gasteiger partial charge in [-0.25, -0.2) is 9.18 Å². The van der Waals surface area contributed by atoms with Crippen LogP contribution in [0.25, 0.3) is 0 Å². The Morgan fingerprint density at radius 3 is 2.31 bits per heavy atom. The lowest BCUT2D eigenvalue weighted by Crippen LogP contribution is -2.00. The van der Waals surface area contributed by atoms with Crippen LogP contribution in [0.1, 0.15) is 10.4 Å².